The highest BCUT2D eigenvalue weighted by atomic mass is 32.2. The van der Waals surface area contributed by atoms with Crippen LogP contribution in [0.2, 0.25) is 0 Å². The summed E-state index contributed by atoms with van der Waals surface area (Å²) in [4.78, 5) is 14.7. The van der Waals surface area contributed by atoms with E-state index in [1.807, 2.05) is 24.5 Å². The smallest absolute Gasteiger partial charge is 0.192 e. The molecule has 0 fully saturated rings. The van der Waals surface area contributed by atoms with Crippen molar-refractivity contribution >= 4 is 28.9 Å². The summed E-state index contributed by atoms with van der Waals surface area (Å²) in [6, 6.07) is 8.04. The fourth-order valence-electron chi connectivity index (χ4n) is 2.62. The minimum atomic E-state index is -0.301. The molecule has 0 saturated carbocycles. The zero-order valence-electron chi connectivity index (χ0n) is 14.5. The van der Waals surface area contributed by atoms with Gasteiger partial charge in [-0.2, -0.15) is 0 Å². The molecule has 4 nitrogen and oxygen atoms in total. The summed E-state index contributed by atoms with van der Waals surface area (Å²) in [5.41, 5.74) is 1.54. The Labute approximate surface area is 159 Å². The van der Waals surface area contributed by atoms with Crippen molar-refractivity contribution in [2.24, 2.45) is 0 Å². The number of Topliss-reactive ketones (excluding diaryl/α,β-unsaturated/α-hetero) is 1. The molecule has 0 N–H and O–H groups in total. The van der Waals surface area contributed by atoms with Gasteiger partial charge in [0.2, 0.25) is 0 Å². The molecule has 3 rings (SSSR count). The molecular formula is C19H18FN3OS2. The van der Waals surface area contributed by atoms with Gasteiger partial charge >= 0.3 is 0 Å². The molecule has 0 spiro atoms. The Hall–Kier alpha value is -2.25. The number of benzene rings is 1. The van der Waals surface area contributed by atoms with Crippen LogP contribution < -0.4 is 0 Å². The number of aromatic nitrogens is 3. The van der Waals surface area contributed by atoms with E-state index in [1.165, 1.54) is 23.9 Å². The Morgan fingerprint density at radius 3 is 2.65 bits per heavy atom. The number of aryl methyl sites for hydroxylation is 2. The van der Waals surface area contributed by atoms with E-state index in [9.17, 15) is 9.18 Å². The summed E-state index contributed by atoms with van der Waals surface area (Å²) < 4.78 is 15.0. The largest absolute Gasteiger partial charge is 0.298 e. The SMILES string of the molecule is C=CCn1c(SCC(=O)c2cc(C)sc2C)nnc1-c1ccc(F)cc1. The Kier molecular flexibility index (Phi) is 5.68. The van der Waals surface area contributed by atoms with Crippen LogP contribution in [0.1, 0.15) is 20.1 Å². The first-order valence-electron chi connectivity index (χ1n) is 8.02. The van der Waals surface area contributed by atoms with Gasteiger partial charge in [-0.05, 0) is 44.2 Å². The summed E-state index contributed by atoms with van der Waals surface area (Å²) in [6.07, 6.45) is 1.74. The molecule has 0 aliphatic rings. The monoisotopic (exact) mass is 387 g/mol. The molecule has 134 valence electrons. The third-order valence-electron chi connectivity index (χ3n) is 3.80. The number of carbonyl (C=O) groups is 1. The van der Waals surface area contributed by atoms with Gasteiger partial charge in [-0.25, -0.2) is 4.39 Å². The minimum absolute atomic E-state index is 0.0772. The molecular weight excluding hydrogens is 369 g/mol. The lowest BCUT2D eigenvalue weighted by molar-refractivity contribution is 0.102. The van der Waals surface area contributed by atoms with Crippen molar-refractivity contribution < 1.29 is 9.18 Å². The lowest BCUT2D eigenvalue weighted by Gasteiger charge is -2.07. The van der Waals surface area contributed by atoms with Crippen LogP contribution in [0.4, 0.5) is 4.39 Å². The van der Waals surface area contributed by atoms with Gasteiger partial charge < -0.3 is 0 Å². The normalized spacial score (nSPS) is 10.9. The Bertz CT molecular complexity index is 944. The molecule has 0 aliphatic carbocycles. The molecule has 3 aromatic rings. The molecule has 26 heavy (non-hydrogen) atoms. The molecule has 0 atom stereocenters. The molecule has 1 aromatic carbocycles. The zero-order chi connectivity index (χ0) is 18.7. The number of halogens is 1. The quantitative estimate of drug-likeness (QED) is 0.328. The van der Waals surface area contributed by atoms with Crippen molar-refractivity contribution in [1.29, 1.82) is 0 Å². The Morgan fingerprint density at radius 2 is 2.04 bits per heavy atom. The fraction of sp³-hybridized carbons (Fsp3) is 0.211. The van der Waals surface area contributed by atoms with E-state index in [2.05, 4.69) is 16.8 Å². The maximum Gasteiger partial charge on any atom is 0.192 e. The molecule has 7 heteroatoms. The number of nitrogens with zero attached hydrogens (tertiary/aromatic N) is 3. The van der Waals surface area contributed by atoms with E-state index >= 15 is 0 Å². The van der Waals surface area contributed by atoms with Crippen molar-refractivity contribution in [2.45, 2.75) is 25.5 Å². The van der Waals surface area contributed by atoms with Crippen molar-refractivity contribution in [1.82, 2.24) is 14.8 Å². The molecule has 2 heterocycles. The van der Waals surface area contributed by atoms with Gasteiger partial charge in [0, 0.05) is 27.4 Å². The predicted octanol–water partition coefficient (Wildman–Crippen LogP) is 4.92. The van der Waals surface area contributed by atoms with Crippen LogP contribution in [-0.2, 0) is 6.54 Å². The van der Waals surface area contributed by atoms with Gasteiger partial charge in [-0.1, -0.05) is 17.8 Å². The van der Waals surface area contributed by atoms with E-state index in [1.54, 1.807) is 29.5 Å². The second kappa shape index (κ2) is 7.97. The average molecular weight is 388 g/mol. The van der Waals surface area contributed by atoms with Crippen LogP contribution in [0.15, 0.2) is 48.1 Å². The summed E-state index contributed by atoms with van der Waals surface area (Å²) in [5, 5.41) is 9.07. The van der Waals surface area contributed by atoms with E-state index in [0.717, 1.165) is 20.9 Å². The van der Waals surface area contributed by atoms with Crippen molar-refractivity contribution in [3.63, 3.8) is 0 Å². The maximum absolute atomic E-state index is 13.2. The summed E-state index contributed by atoms with van der Waals surface area (Å²) in [5.74, 6) is 0.691. The number of ketones is 1. The number of thioether (sulfide) groups is 1. The second-order valence-electron chi connectivity index (χ2n) is 5.75. The molecule has 2 aromatic heterocycles. The third kappa shape index (κ3) is 3.94. The van der Waals surface area contributed by atoms with Gasteiger partial charge in [0.15, 0.2) is 16.8 Å². The molecule has 0 aliphatic heterocycles. The molecule has 0 unspecified atom stereocenters. The van der Waals surface area contributed by atoms with Crippen LogP contribution in [0.5, 0.6) is 0 Å². The van der Waals surface area contributed by atoms with Crippen LogP contribution in [-0.4, -0.2) is 26.3 Å². The highest BCUT2D eigenvalue weighted by Crippen LogP contribution is 2.27. The highest BCUT2D eigenvalue weighted by molar-refractivity contribution is 7.99. The van der Waals surface area contributed by atoms with Gasteiger partial charge in [0.25, 0.3) is 0 Å². The highest BCUT2D eigenvalue weighted by Gasteiger charge is 2.17. The van der Waals surface area contributed by atoms with Crippen LogP contribution in [0.3, 0.4) is 0 Å². The average Bonchev–Trinajstić information content (AvgIpc) is 3.16. The number of allylic oxidation sites excluding steroid dienone is 1. The number of thiophene rings is 1. The molecule has 0 radical (unpaired) electrons. The lowest BCUT2D eigenvalue weighted by atomic mass is 10.2. The lowest BCUT2D eigenvalue weighted by Crippen LogP contribution is -2.05. The predicted molar refractivity (Wildman–Crippen MR) is 104 cm³/mol. The third-order valence-corrected chi connectivity index (χ3v) is 5.74. The molecule has 0 amide bonds. The zero-order valence-corrected chi connectivity index (χ0v) is 16.2. The van der Waals surface area contributed by atoms with Crippen LogP contribution >= 0.6 is 23.1 Å². The first kappa shape index (κ1) is 18.5. The standard InChI is InChI=1S/C19H18FN3OS2/c1-4-9-23-18(14-5-7-15(20)8-6-14)21-22-19(23)25-11-17(24)16-10-12(2)26-13(16)3/h4-8,10H,1,9,11H2,2-3H3. The molecule has 0 bridgehead atoms. The fourth-order valence-corrected chi connectivity index (χ4v) is 4.39. The summed E-state index contributed by atoms with van der Waals surface area (Å²) in [7, 11) is 0. The van der Waals surface area contributed by atoms with E-state index in [-0.39, 0.29) is 17.4 Å². The number of hydrogen-bond donors (Lipinski definition) is 0. The minimum Gasteiger partial charge on any atom is -0.298 e. The Morgan fingerprint density at radius 1 is 1.31 bits per heavy atom. The van der Waals surface area contributed by atoms with Gasteiger partial charge in [0.1, 0.15) is 5.82 Å². The van der Waals surface area contributed by atoms with Gasteiger partial charge in [-0.3, -0.25) is 9.36 Å². The summed E-state index contributed by atoms with van der Waals surface area (Å²) >= 11 is 2.98. The maximum atomic E-state index is 13.2. The molecule has 0 saturated heterocycles. The number of carbonyl (C=O) groups excluding carboxylic acids is 1. The first-order valence-corrected chi connectivity index (χ1v) is 9.83. The van der Waals surface area contributed by atoms with Crippen LogP contribution in [0.25, 0.3) is 11.4 Å². The van der Waals surface area contributed by atoms with Gasteiger partial charge in [0.05, 0.1) is 5.75 Å². The van der Waals surface area contributed by atoms with E-state index in [0.29, 0.717) is 17.5 Å². The topological polar surface area (TPSA) is 47.8 Å². The second-order valence-corrected chi connectivity index (χ2v) is 8.15. The Balaban J connectivity index is 1.81. The number of hydrogen-bond acceptors (Lipinski definition) is 5. The van der Waals surface area contributed by atoms with Gasteiger partial charge in [-0.15, -0.1) is 28.1 Å². The number of rotatable bonds is 7. The van der Waals surface area contributed by atoms with E-state index in [4.69, 9.17) is 0 Å². The first-order chi connectivity index (χ1) is 12.5. The van der Waals surface area contributed by atoms with Crippen LogP contribution in [0, 0.1) is 19.7 Å². The van der Waals surface area contributed by atoms with Crippen molar-refractivity contribution in [3.05, 3.63) is 64.1 Å². The van der Waals surface area contributed by atoms with E-state index < -0.39 is 0 Å². The van der Waals surface area contributed by atoms with Crippen molar-refractivity contribution in [3.8, 4) is 11.4 Å². The summed E-state index contributed by atoms with van der Waals surface area (Å²) in [6.45, 7) is 8.24. The van der Waals surface area contributed by atoms with Crippen molar-refractivity contribution in [2.75, 3.05) is 5.75 Å².